The van der Waals surface area contributed by atoms with Crippen LogP contribution < -0.4 is 4.90 Å². The Morgan fingerprint density at radius 1 is 1.50 bits per heavy atom. The fraction of sp³-hybridized carbons (Fsp3) is 0.636. The van der Waals surface area contributed by atoms with Crippen molar-refractivity contribution in [3.63, 3.8) is 0 Å². The van der Waals surface area contributed by atoms with Crippen molar-refractivity contribution in [2.45, 2.75) is 32.5 Å². The number of nitrogens with zero attached hydrogens (tertiary/aromatic N) is 3. The molecule has 16 heavy (non-hydrogen) atoms. The summed E-state index contributed by atoms with van der Waals surface area (Å²) in [5, 5.41) is 9.20. The van der Waals surface area contributed by atoms with Crippen LogP contribution in [0.3, 0.4) is 0 Å². The van der Waals surface area contributed by atoms with E-state index in [0.29, 0.717) is 24.6 Å². The van der Waals surface area contributed by atoms with E-state index in [1.165, 1.54) is 0 Å². The number of aliphatic hydroxyl groups excluding tert-OH is 1. The van der Waals surface area contributed by atoms with E-state index < -0.39 is 6.17 Å². The molecule has 0 bridgehead atoms. The van der Waals surface area contributed by atoms with Crippen LogP contribution in [0.25, 0.3) is 0 Å². The normalized spacial score (nSPS) is 25.1. The second-order valence-corrected chi connectivity index (χ2v) is 4.24. The van der Waals surface area contributed by atoms with Gasteiger partial charge in [0.2, 0.25) is 0 Å². The molecule has 1 aromatic rings. The summed E-state index contributed by atoms with van der Waals surface area (Å²) in [6, 6.07) is 1.66. The zero-order chi connectivity index (χ0) is 11.7. The van der Waals surface area contributed by atoms with Crippen LogP contribution >= 0.6 is 0 Å². The minimum atomic E-state index is -0.882. The molecule has 1 aliphatic heterocycles. The predicted molar refractivity (Wildman–Crippen MR) is 59.2 cm³/mol. The van der Waals surface area contributed by atoms with Gasteiger partial charge in [0.1, 0.15) is 17.8 Å². The number of alkyl halides is 1. The molecule has 88 valence electrons. The van der Waals surface area contributed by atoms with Gasteiger partial charge in [0.05, 0.1) is 19.2 Å². The molecule has 1 aromatic heterocycles. The summed E-state index contributed by atoms with van der Waals surface area (Å²) in [6.07, 6.45) is -0.508. The van der Waals surface area contributed by atoms with Crippen LogP contribution in [0.4, 0.5) is 10.2 Å². The summed E-state index contributed by atoms with van der Waals surface area (Å²) >= 11 is 0. The first-order valence-electron chi connectivity index (χ1n) is 5.44. The summed E-state index contributed by atoms with van der Waals surface area (Å²) in [7, 11) is 0. The van der Waals surface area contributed by atoms with Crippen LogP contribution in [0.1, 0.15) is 17.9 Å². The van der Waals surface area contributed by atoms with Gasteiger partial charge < -0.3 is 10.0 Å². The van der Waals surface area contributed by atoms with Crippen LogP contribution in [0, 0.1) is 13.8 Å². The minimum absolute atomic E-state index is 0.0392. The molecule has 0 aliphatic carbocycles. The zero-order valence-corrected chi connectivity index (χ0v) is 9.52. The Balaban J connectivity index is 2.28. The number of hydrogen-bond acceptors (Lipinski definition) is 4. The SMILES string of the molecule is Cc1cc(N2C[C@@H](F)C[C@H]2CO)nc(C)n1. The summed E-state index contributed by atoms with van der Waals surface area (Å²) < 4.78 is 13.3. The molecule has 0 unspecified atom stereocenters. The first kappa shape index (κ1) is 11.3. The highest BCUT2D eigenvalue weighted by atomic mass is 19.1. The summed E-state index contributed by atoms with van der Waals surface area (Å²) in [6.45, 7) is 3.96. The van der Waals surface area contributed by atoms with Gasteiger partial charge in [-0.3, -0.25) is 0 Å². The van der Waals surface area contributed by atoms with Crippen molar-refractivity contribution in [3.05, 3.63) is 17.6 Å². The van der Waals surface area contributed by atoms with E-state index >= 15 is 0 Å². The van der Waals surface area contributed by atoms with E-state index in [2.05, 4.69) is 9.97 Å². The smallest absolute Gasteiger partial charge is 0.132 e. The van der Waals surface area contributed by atoms with Gasteiger partial charge in [-0.25, -0.2) is 14.4 Å². The molecule has 0 saturated carbocycles. The van der Waals surface area contributed by atoms with Crippen molar-refractivity contribution < 1.29 is 9.50 Å². The summed E-state index contributed by atoms with van der Waals surface area (Å²) in [5.74, 6) is 1.39. The quantitative estimate of drug-likeness (QED) is 0.816. The lowest BCUT2D eigenvalue weighted by atomic mass is 10.2. The number of rotatable bonds is 2. The van der Waals surface area contributed by atoms with Crippen molar-refractivity contribution in [1.82, 2.24) is 9.97 Å². The van der Waals surface area contributed by atoms with Crippen molar-refractivity contribution in [2.24, 2.45) is 0 Å². The molecule has 0 aromatic carbocycles. The molecule has 2 rings (SSSR count). The fourth-order valence-corrected chi connectivity index (χ4v) is 2.16. The lowest BCUT2D eigenvalue weighted by molar-refractivity contribution is 0.255. The molecular weight excluding hydrogens is 209 g/mol. The molecule has 0 radical (unpaired) electrons. The maximum absolute atomic E-state index is 13.3. The van der Waals surface area contributed by atoms with E-state index in [4.69, 9.17) is 0 Å². The van der Waals surface area contributed by atoms with Gasteiger partial charge >= 0.3 is 0 Å². The standard InChI is InChI=1S/C11H16FN3O/c1-7-3-11(14-8(2)13-7)15-5-9(12)4-10(15)6-16/h3,9-10,16H,4-6H2,1-2H3/t9-,10-/m0/s1. The van der Waals surface area contributed by atoms with E-state index in [-0.39, 0.29) is 12.6 Å². The van der Waals surface area contributed by atoms with E-state index in [1.54, 1.807) is 0 Å². The second kappa shape index (κ2) is 4.33. The Hall–Kier alpha value is -1.23. The molecule has 1 fully saturated rings. The fourth-order valence-electron chi connectivity index (χ4n) is 2.16. The number of hydrogen-bond donors (Lipinski definition) is 1. The Kier molecular flexibility index (Phi) is 3.05. The van der Waals surface area contributed by atoms with Crippen LogP contribution in [0.15, 0.2) is 6.07 Å². The topological polar surface area (TPSA) is 49.2 Å². The predicted octanol–water partition coefficient (Wildman–Crippen LogP) is 1.00. The molecule has 5 heteroatoms. The first-order chi connectivity index (χ1) is 7.60. The summed E-state index contributed by atoms with van der Waals surface area (Å²) in [4.78, 5) is 10.3. The molecule has 4 nitrogen and oxygen atoms in total. The van der Waals surface area contributed by atoms with Gasteiger partial charge in [-0.1, -0.05) is 0 Å². The third-order valence-electron chi connectivity index (χ3n) is 2.82. The highest BCUT2D eigenvalue weighted by Gasteiger charge is 2.32. The average molecular weight is 225 g/mol. The third kappa shape index (κ3) is 2.14. The van der Waals surface area contributed by atoms with Crippen LogP contribution in [0.2, 0.25) is 0 Å². The lowest BCUT2D eigenvalue weighted by Gasteiger charge is -2.23. The van der Waals surface area contributed by atoms with Crippen molar-refractivity contribution >= 4 is 5.82 Å². The zero-order valence-electron chi connectivity index (χ0n) is 9.52. The van der Waals surface area contributed by atoms with Gasteiger partial charge in [0, 0.05) is 18.2 Å². The van der Waals surface area contributed by atoms with E-state index in [0.717, 1.165) is 5.69 Å². The maximum atomic E-state index is 13.3. The van der Waals surface area contributed by atoms with Crippen molar-refractivity contribution in [3.8, 4) is 0 Å². The van der Waals surface area contributed by atoms with Gasteiger partial charge in [0.25, 0.3) is 0 Å². The maximum Gasteiger partial charge on any atom is 0.132 e. The Morgan fingerprint density at radius 3 is 2.88 bits per heavy atom. The van der Waals surface area contributed by atoms with Crippen LogP contribution in [-0.2, 0) is 0 Å². The van der Waals surface area contributed by atoms with Gasteiger partial charge in [-0.2, -0.15) is 0 Å². The first-order valence-corrected chi connectivity index (χ1v) is 5.44. The largest absolute Gasteiger partial charge is 0.394 e. The number of anilines is 1. The molecule has 1 aliphatic rings. The summed E-state index contributed by atoms with van der Waals surface area (Å²) in [5.41, 5.74) is 0.862. The molecule has 2 heterocycles. The third-order valence-corrected chi connectivity index (χ3v) is 2.82. The molecule has 0 spiro atoms. The number of halogens is 1. The van der Waals surface area contributed by atoms with Gasteiger partial charge in [0.15, 0.2) is 0 Å². The highest BCUT2D eigenvalue weighted by molar-refractivity contribution is 5.42. The van der Waals surface area contributed by atoms with E-state index in [1.807, 2.05) is 24.8 Å². The molecule has 2 atom stereocenters. The monoisotopic (exact) mass is 225 g/mol. The minimum Gasteiger partial charge on any atom is -0.394 e. The van der Waals surface area contributed by atoms with Crippen molar-refractivity contribution in [2.75, 3.05) is 18.1 Å². The average Bonchev–Trinajstić information content (AvgIpc) is 2.58. The van der Waals surface area contributed by atoms with E-state index in [9.17, 15) is 9.50 Å². The lowest BCUT2D eigenvalue weighted by Crippen LogP contribution is -2.33. The molecular formula is C11H16FN3O. The highest BCUT2D eigenvalue weighted by Crippen LogP contribution is 2.25. The van der Waals surface area contributed by atoms with Crippen LogP contribution in [0.5, 0.6) is 0 Å². The molecule has 0 amide bonds. The number of aromatic nitrogens is 2. The Labute approximate surface area is 94.1 Å². The molecule has 1 N–H and O–H groups in total. The molecule has 1 saturated heterocycles. The second-order valence-electron chi connectivity index (χ2n) is 4.24. The number of aliphatic hydroxyl groups is 1. The van der Waals surface area contributed by atoms with Crippen LogP contribution in [-0.4, -0.2) is 40.4 Å². The van der Waals surface area contributed by atoms with Crippen molar-refractivity contribution in [1.29, 1.82) is 0 Å². The van der Waals surface area contributed by atoms with Gasteiger partial charge in [-0.15, -0.1) is 0 Å². The Morgan fingerprint density at radius 2 is 2.25 bits per heavy atom. The Bertz CT molecular complexity index is 365. The van der Waals surface area contributed by atoms with Gasteiger partial charge in [-0.05, 0) is 13.8 Å². The number of aryl methyl sites for hydroxylation is 2.